The average Bonchev–Trinajstić information content (AvgIpc) is 2.35. The van der Waals surface area contributed by atoms with Crippen LogP contribution < -0.4 is 0 Å². The van der Waals surface area contributed by atoms with Crippen molar-refractivity contribution in [3.8, 4) is 0 Å². The maximum atomic E-state index is 14.0. The van der Waals surface area contributed by atoms with Crippen LogP contribution in [0.25, 0.3) is 0 Å². The largest absolute Gasteiger partial charge is 0.383 e. The van der Waals surface area contributed by atoms with Gasteiger partial charge in [-0.3, -0.25) is 0 Å². The Morgan fingerprint density at radius 1 is 1.12 bits per heavy atom. The zero-order valence-corrected chi connectivity index (χ0v) is 10.1. The summed E-state index contributed by atoms with van der Waals surface area (Å²) >= 11 is 5.95. The molecule has 1 nitrogen and oxygen atoms in total. The van der Waals surface area contributed by atoms with Crippen molar-refractivity contribution in [1.29, 1.82) is 0 Å². The first-order valence-corrected chi connectivity index (χ1v) is 5.66. The molecule has 1 atom stereocenters. The Balaban J connectivity index is 2.51. The van der Waals surface area contributed by atoms with E-state index in [1.54, 1.807) is 43.3 Å². The molecule has 3 heteroatoms. The van der Waals surface area contributed by atoms with Crippen molar-refractivity contribution >= 4 is 11.6 Å². The van der Waals surface area contributed by atoms with E-state index in [9.17, 15) is 9.50 Å². The van der Waals surface area contributed by atoms with Crippen LogP contribution in [0.1, 0.15) is 22.8 Å². The van der Waals surface area contributed by atoms with Crippen LogP contribution in [0.3, 0.4) is 0 Å². The summed E-state index contributed by atoms with van der Waals surface area (Å²) in [6.07, 6.45) is -1.04. The van der Waals surface area contributed by atoms with Crippen LogP contribution in [0.4, 0.5) is 4.39 Å². The standard InChI is InChI=1S/C14H12ClFO/c1-9-7-8-11(15)12(13(9)16)14(17)10-5-3-2-4-6-10/h2-8,14,17H,1H3. The summed E-state index contributed by atoms with van der Waals surface area (Å²) in [6.45, 7) is 1.65. The lowest BCUT2D eigenvalue weighted by Crippen LogP contribution is -2.04. The second-order valence-electron chi connectivity index (χ2n) is 3.91. The predicted molar refractivity (Wildman–Crippen MR) is 66.7 cm³/mol. The molecule has 0 amide bonds. The van der Waals surface area contributed by atoms with Gasteiger partial charge >= 0.3 is 0 Å². The normalized spacial score (nSPS) is 12.5. The first-order chi connectivity index (χ1) is 8.11. The lowest BCUT2D eigenvalue weighted by molar-refractivity contribution is 0.215. The Hall–Kier alpha value is -1.38. The highest BCUT2D eigenvalue weighted by Crippen LogP contribution is 2.31. The predicted octanol–water partition coefficient (Wildman–Crippen LogP) is 3.87. The molecule has 88 valence electrons. The summed E-state index contributed by atoms with van der Waals surface area (Å²) in [7, 11) is 0. The number of aliphatic hydroxyl groups excluding tert-OH is 1. The van der Waals surface area contributed by atoms with Crippen LogP contribution in [-0.2, 0) is 0 Å². The smallest absolute Gasteiger partial charge is 0.133 e. The maximum absolute atomic E-state index is 14.0. The van der Waals surface area contributed by atoms with Gasteiger partial charge in [-0.05, 0) is 24.1 Å². The quantitative estimate of drug-likeness (QED) is 0.858. The van der Waals surface area contributed by atoms with Crippen LogP contribution in [0, 0.1) is 12.7 Å². The SMILES string of the molecule is Cc1ccc(Cl)c(C(O)c2ccccc2)c1F. The minimum Gasteiger partial charge on any atom is -0.383 e. The van der Waals surface area contributed by atoms with Gasteiger partial charge < -0.3 is 5.11 Å². The second-order valence-corrected chi connectivity index (χ2v) is 4.31. The molecule has 0 aliphatic heterocycles. The Kier molecular flexibility index (Phi) is 3.46. The van der Waals surface area contributed by atoms with E-state index in [0.717, 1.165) is 0 Å². The summed E-state index contributed by atoms with van der Waals surface area (Å²) in [5, 5.41) is 10.4. The number of halogens is 2. The summed E-state index contributed by atoms with van der Waals surface area (Å²) in [5.41, 5.74) is 1.23. The molecular weight excluding hydrogens is 239 g/mol. The summed E-state index contributed by atoms with van der Waals surface area (Å²) in [4.78, 5) is 0. The molecule has 1 N–H and O–H groups in total. The van der Waals surface area contributed by atoms with Crippen molar-refractivity contribution in [2.45, 2.75) is 13.0 Å². The first kappa shape index (κ1) is 12.1. The number of aliphatic hydroxyl groups is 1. The maximum Gasteiger partial charge on any atom is 0.133 e. The number of benzene rings is 2. The topological polar surface area (TPSA) is 20.2 Å². The van der Waals surface area contributed by atoms with Crippen LogP contribution in [0.15, 0.2) is 42.5 Å². The Bertz CT molecular complexity index is 525. The zero-order chi connectivity index (χ0) is 12.4. The molecular formula is C14H12ClFO. The molecule has 0 radical (unpaired) electrons. The van der Waals surface area contributed by atoms with E-state index in [1.165, 1.54) is 0 Å². The molecule has 17 heavy (non-hydrogen) atoms. The van der Waals surface area contributed by atoms with Gasteiger partial charge in [0.05, 0.1) is 0 Å². The number of hydrogen-bond acceptors (Lipinski definition) is 1. The van der Waals surface area contributed by atoms with Gasteiger partial charge in [-0.1, -0.05) is 48.0 Å². The monoisotopic (exact) mass is 250 g/mol. The molecule has 1 unspecified atom stereocenters. The van der Waals surface area contributed by atoms with E-state index in [0.29, 0.717) is 11.1 Å². The Morgan fingerprint density at radius 2 is 1.76 bits per heavy atom. The van der Waals surface area contributed by atoms with Crippen LogP contribution in [0.2, 0.25) is 5.02 Å². The molecule has 0 spiro atoms. The van der Waals surface area contributed by atoms with Crippen molar-refractivity contribution in [2.75, 3.05) is 0 Å². The van der Waals surface area contributed by atoms with Crippen molar-refractivity contribution in [1.82, 2.24) is 0 Å². The van der Waals surface area contributed by atoms with Crippen molar-refractivity contribution in [2.24, 2.45) is 0 Å². The van der Waals surface area contributed by atoms with Crippen molar-refractivity contribution in [3.05, 3.63) is 70.0 Å². The molecule has 2 rings (SSSR count). The highest BCUT2D eigenvalue weighted by molar-refractivity contribution is 6.31. The van der Waals surface area contributed by atoms with Crippen LogP contribution >= 0.6 is 11.6 Å². The van der Waals surface area contributed by atoms with E-state index in [-0.39, 0.29) is 10.6 Å². The third-order valence-electron chi connectivity index (χ3n) is 2.71. The number of rotatable bonds is 2. The summed E-state index contributed by atoms with van der Waals surface area (Å²) < 4.78 is 14.0. The van der Waals surface area contributed by atoms with Gasteiger partial charge in [0.15, 0.2) is 0 Å². The molecule has 0 bridgehead atoms. The summed E-state index contributed by atoms with van der Waals surface area (Å²) in [6, 6.07) is 12.1. The van der Waals surface area contributed by atoms with E-state index in [1.807, 2.05) is 6.07 Å². The fraction of sp³-hybridized carbons (Fsp3) is 0.143. The van der Waals surface area contributed by atoms with Crippen molar-refractivity contribution < 1.29 is 9.50 Å². The molecule has 0 aliphatic rings. The summed E-state index contributed by atoms with van der Waals surface area (Å²) in [5.74, 6) is -0.450. The van der Waals surface area contributed by atoms with Crippen LogP contribution in [0.5, 0.6) is 0 Å². The van der Waals surface area contributed by atoms with E-state index >= 15 is 0 Å². The minimum atomic E-state index is -1.04. The lowest BCUT2D eigenvalue weighted by atomic mass is 9.99. The third kappa shape index (κ3) is 2.33. The van der Waals surface area contributed by atoms with Crippen LogP contribution in [-0.4, -0.2) is 5.11 Å². The molecule has 0 saturated heterocycles. The number of aryl methyl sites for hydroxylation is 1. The van der Waals surface area contributed by atoms with Gasteiger partial charge in [-0.25, -0.2) is 4.39 Å². The fourth-order valence-corrected chi connectivity index (χ4v) is 1.98. The molecule has 2 aromatic carbocycles. The highest BCUT2D eigenvalue weighted by atomic mass is 35.5. The average molecular weight is 251 g/mol. The molecule has 0 aromatic heterocycles. The molecule has 0 heterocycles. The lowest BCUT2D eigenvalue weighted by Gasteiger charge is -2.15. The van der Waals surface area contributed by atoms with Gasteiger partial charge in [-0.15, -0.1) is 0 Å². The van der Waals surface area contributed by atoms with Gasteiger partial charge in [0, 0.05) is 10.6 Å². The molecule has 2 aromatic rings. The first-order valence-electron chi connectivity index (χ1n) is 5.28. The van der Waals surface area contributed by atoms with Gasteiger partial charge in [0.1, 0.15) is 11.9 Å². The minimum absolute atomic E-state index is 0.137. The van der Waals surface area contributed by atoms with E-state index in [4.69, 9.17) is 11.6 Å². The zero-order valence-electron chi connectivity index (χ0n) is 9.32. The highest BCUT2D eigenvalue weighted by Gasteiger charge is 2.19. The Morgan fingerprint density at radius 3 is 2.41 bits per heavy atom. The van der Waals surface area contributed by atoms with Gasteiger partial charge in [0.25, 0.3) is 0 Å². The fourth-order valence-electron chi connectivity index (χ4n) is 1.73. The van der Waals surface area contributed by atoms with Gasteiger partial charge in [0.2, 0.25) is 0 Å². The van der Waals surface area contributed by atoms with Gasteiger partial charge in [-0.2, -0.15) is 0 Å². The third-order valence-corrected chi connectivity index (χ3v) is 3.04. The van der Waals surface area contributed by atoms with Crippen molar-refractivity contribution in [3.63, 3.8) is 0 Å². The molecule has 0 aliphatic carbocycles. The molecule has 0 saturated carbocycles. The number of hydrogen-bond donors (Lipinski definition) is 1. The second kappa shape index (κ2) is 4.86. The van der Waals surface area contributed by atoms with E-state index < -0.39 is 11.9 Å². The molecule has 0 fully saturated rings. The Labute approximate surface area is 104 Å². The van der Waals surface area contributed by atoms with E-state index in [2.05, 4.69) is 0 Å².